The highest BCUT2D eigenvalue weighted by molar-refractivity contribution is 6.13. The summed E-state index contributed by atoms with van der Waals surface area (Å²) in [6, 6.07) is 3.66. The van der Waals surface area contributed by atoms with Crippen molar-refractivity contribution in [3.8, 4) is 5.88 Å². The number of rotatable bonds is 4. The number of aliphatic hydroxyl groups excluding tert-OH is 1. The predicted molar refractivity (Wildman–Crippen MR) is 93.1 cm³/mol. The van der Waals surface area contributed by atoms with Gasteiger partial charge in [0.25, 0.3) is 0 Å². The first-order valence-corrected chi connectivity index (χ1v) is 9.16. The molecule has 7 heteroatoms. The minimum absolute atomic E-state index is 0.0168. The molecule has 1 spiro atoms. The summed E-state index contributed by atoms with van der Waals surface area (Å²) in [4.78, 5) is 27.6. The number of aromatic nitrogens is 3. The Morgan fingerprint density at radius 3 is 2.65 bits per heavy atom. The van der Waals surface area contributed by atoms with Crippen LogP contribution in [0.25, 0.3) is 0 Å². The molecule has 0 atom stereocenters. The standard InChI is InChI=1S/C19H20N4O3/c24-11-15-20-10-14-17(22-15)23(18(25)19(14)7-8-19)12-5-6-16(21-9-12)26-13-3-1-2-4-13/h5-6,9-10,13,24H,1-4,7-8,11H2. The molecule has 2 aromatic heterocycles. The molecule has 7 nitrogen and oxygen atoms in total. The van der Waals surface area contributed by atoms with Gasteiger partial charge >= 0.3 is 0 Å². The van der Waals surface area contributed by atoms with Crippen molar-refractivity contribution >= 4 is 17.4 Å². The third-order valence-electron chi connectivity index (χ3n) is 5.62. The fourth-order valence-corrected chi connectivity index (χ4v) is 4.02. The van der Waals surface area contributed by atoms with E-state index >= 15 is 0 Å². The second-order valence-electron chi connectivity index (χ2n) is 7.28. The van der Waals surface area contributed by atoms with Gasteiger partial charge in [0.2, 0.25) is 11.8 Å². The van der Waals surface area contributed by atoms with E-state index in [0.29, 0.717) is 23.2 Å². The molecule has 1 amide bonds. The van der Waals surface area contributed by atoms with Crippen molar-refractivity contribution < 1.29 is 14.6 Å². The number of pyridine rings is 1. The number of carbonyl (C=O) groups is 1. The molecule has 2 fully saturated rings. The van der Waals surface area contributed by atoms with Crippen LogP contribution >= 0.6 is 0 Å². The van der Waals surface area contributed by atoms with Gasteiger partial charge in [0.05, 0.1) is 17.3 Å². The monoisotopic (exact) mass is 352 g/mol. The van der Waals surface area contributed by atoms with E-state index in [1.807, 2.05) is 12.1 Å². The Morgan fingerprint density at radius 2 is 2.00 bits per heavy atom. The zero-order chi connectivity index (χ0) is 17.7. The summed E-state index contributed by atoms with van der Waals surface area (Å²) in [6.45, 7) is -0.255. The van der Waals surface area contributed by atoms with Crippen molar-refractivity contribution in [3.63, 3.8) is 0 Å². The number of amides is 1. The Hall–Kier alpha value is -2.54. The van der Waals surface area contributed by atoms with Crippen molar-refractivity contribution in [2.75, 3.05) is 4.90 Å². The lowest BCUT2D eigenvalue weighted by Gasteiger charge is -2.18. The average Bonchev–Trinajstić information content (AvgIpc) is 3.25. The summed E-state index contributed by atoms with van der Waals surface area (Å²) in [5.41, 5.74) is 1.04. The molecule has 26 heavy (non-hydrogen) atoms. The number of carbonyl (C=O) groups excluding carboxylic acids is 1. The maximum atomic E-state index is 13.0. The Morgan fingerprint density at radius 1 is 1.19 bits per heavy atom. The zero-order valence-corrected chi connectivity index (χ0v) is 14.4. The van der Waals surface area contributed by atoms with Crippen LogP contribution in [0.2, 0.25) is 0 Å². The van der Waals surface area contributed by atoms with Crippen LogP contribution in [0, 0.1) is 0 Å². The predicted octanol–water partition coefficient (Wildman–Crippen LogP) is 2.40. The van der Waals surface area contributed by atoms with Gasteiger partial charge < -0.3 is 9.84 Å². The first-order chi connectivity index (χ1) is 12.7. The molecule has 0 saturated heterocycles. The maximum absolute atomic E-state index is 13.0. The van der Waals surface area contributed by atoms with Crippen molar-refractivity contribution in [3.05, 3.63) is 35.9 Å². The van der Waals surface area contributed by atoms with Crippen LogP contribution in [-0.4, -0.2) is 32.1 Å². The van der Waals surface area contributed by atoms with E-state index < -0.39 is 5.41 Å². The smallest absolute Gasteiger partial charge is 0.243 e. The van der Waals surface area contributed by atoms with Gasteiger partial charge in [0.15, 0.2) is 5.82 Å². The largest absolute Gasteiger partial charge is 0.474 e. The molecule has 5 rings (SSSR count). The molecule has 134 valence electrons. The molecule has 3 aliphatic rings. The van der Waals surface area contributed by atoms with Crippen molar-refractivity contribution in [2.45, 2.75) is 56.7 Å². The molecule has 3 heterocycles. The van der Waals surface area contributed by atoms with Gasteiger partial charge in [-0.2, -0.15) is 0 Å². The average molecular weight is 352 g/mol. The summed E-state index contributed by atoms with van der Waals surface area (Å²) >= 11 is 0. The summed E-state index contributed by atoms with van der Waals surface area (Å²) in [5, 5.41) is 9.35. The van der Waals surface area contributed by atoms with Crippen LogP contribution in [-0.2, 0) is 16.8 Å². The van der Waals surface area contributed by atoms with E-state index in [-0.39, 0.29) is 18.6 Å². The minimum Gasteiger partial charge on any atom is -0.474 e. The summed E-state index contributed by atoms with van der Waals surface area (Å²) in [7, 11) is 0. The lowest BCUT2D eigenvalue weighted by molar-refractivity contribution is -0.119. The van der Waals surface area contributed by atoms with E-state index in [0.717, 1.165) is 31.2 Å². The molecule has 0 radical (unpaired) electrons. The summed E-state index contributed by atoms with van der Waals surface area (Å²) < 4.78 is 5.91. The van der Waals surface area contributed by atoms with E-state index in [1.165, 1.54) is 12.8 Å². The van der Waals surface area contributed by atoms with Crippen LogP contribution in [0.3, 0.4) is 0 Å². The lowest BCUT2D eigenvalue weighted by atomic mass is 10.0. The fourth-order valence-electron chi connectivity index (χ4n) is 4.02. The van der Waals surface area contributed by atoms with Crippen LogP contribution in [0.1, 0.15) is 49.9 Å². The molecule has 2 aromatic rings. The molecule has 1 aliphatic heterocycles. The Balaban J connectivity index is 1.47. The van der Waals surface area contributed by atoms with Crippen LogP contribution in [0.15, 0.2) is 24.5 Å². The number of aliphatic hydroxyl groups is 1. The van der Waals surface area contributed by atoms with Gasteiger partial charge in [-0.05, 0) is 44.6 Å². The van der Waals surface area contributed by atoms with Gasteiger partial charge in [0, 0.05) is 17.8 Å². The van der Waals surface area contributed by atoms with Gasteiger partial charge in [-0.3, -0.25) is 9.69 Å². The van der Waals surface area contributed by atoms with Gasteiger partial charge in [-0.25, -0.2) is 15.0 Å². The molecule has 1 N–H and O–H groups in total. The van der Waals surface area contributed by atoms with E-state index in [1.54, 1.807) is 17.3 Å². The third kappa shape index (κ3) is 2.30. The number of fused-ring (bicyclic) bond motifs is 2. The zero-order valence-electron chi connectivity index (χ0n) is 14.4. The molecule has 0 aromatic carbocycles. The normalized spacial score (nSPS) is 20.7. The Labute approximate surface area is 151 Å². The number of hydrogen-bond acceptors (Lipinski definition) is 6. The highest BCUT2D eigenvalue weighted by Gasteiger charge is 2.60. The number of nitrogens with zero attached hydrogens (tertiary/aromatic N) is 4. The first kappa shape index (κ1) is 15.7. The molecular weight excluding hydrogens is 332 g/mol. The SMILES string of the molecule is O=C1N(c2ccc(OC3CCCC3)nc2)c2nc(CO)ncc2C12CC2. The van der Waals surface area contributed by atoms with Crippen LogP contribution in [0.4, 0.5) is 11.5 Å². The minimum atomic E-state index is -0.484. The van der Waals surface area contributed by atoms with Gasteiger partial charge in [0.1, 0.15) is 18.5 Å². The number of ether oxygens (including phenoxy) is 1. The molecule has 2 saturated carbocycles. The quantitative estimate of drug-likeness (QED) is 0.909. The van der Waals surface area contributed by atoms with E-state index in [2.05, 4.69) is 15.0 Å². The second-order valence-corrected chi connectivity index (χ2v) is 7.28. The molecule has 0 unspecified atom stereocenters. The van der Waals surface area contributed by atoms with Crippen molar-refractivity contribution in [1.29, 1.82) is 0 Å². The first-order valence-electron chi connectivity index (χ1n) is 9.16. The molecule has 2 aliphatic carbocycles. The van der Waals surface area contributed by atoms with E-state index in [4.69, 9.17) is 4.74 Å². The second kappa shape index (κ2) is 5.74. The summed E-state index contributed by atoms with van der Waals surface area (Å²) in [5.74, 6) is 1.49. The van der Waals surface area contributed by atoms with Crippen molar-refractivity contribution in [1.82, 2.24) is 15.0 Å². The highest BCUT2D eigenvalue weighted by Crippen LogP contribution is 2.58. The molecular formula is C19H20N4O3. The van der Waals surface area contributed by atoms with E-state index in [9.17, 15) is 9.90 Å². The topological polar surface area (TPSA) is 88.4 Å². The summed E-state index contributed by atoms with van der Waals surface area (Å²) in [6.07, 6.45) is 9.78. The highest BCUT2D eigenvalue weighted by atomic mass is 16.5. The number of anilines is 2. The van der Waals surface area contributed by atoms with Gasteiger partial charge in [-0.15, -0.1) is 0 Å². The van der Waals surface area contributed by atoms with Gasteiger partial charge in [-0.1, -0.05) is 0 Å². The third-order valence-corrected chi connectivity index (χ3v) is 5.62. The van der Waals surface area contributed by atoms with Crippen LogP contribution in [0.5, 0.6) is 5.88 Å². The number of hydrogen-bond donors (Lipinski definition) is 1. The Kier molecular flexibility index (Phi) is 3.46. The van der Waals surface area contributed by atoms with Crippen LogP contribution < -0.4 is 9.64 Å². The maximum Gasteiger partial charge on any atom is 0.243 e. The molecule has 0 bridgehead atoms. The fraction of sp³-hybridized carbons (Fsp3) is 0.474. The Bertz CT molecular complexity index is 858. The lowest BCUT2D eigenvalue weighted by Crippen LogP contribution is -2.28. The van der Waals surface area contributed by atoms with Crippen molar-refractivity contribution in [2.24, 2.45) is 0 Å².